The maximum absolute atomic E-state index is 11.8. The maximum atomic E-state index is 11.8. The first-order valence-electron chi connectivity index (χ1n) is 5.70. The molecular formula is C11H19N3O4. The second kappa shape index (κ2) is 4.56. The van der Waals surface area contributed by atoms with Gasteiger partial charge >= 0.3 is 12.0 Å². The summed E-state index contributed by atoms with van der Waals surface area (Å²) in [7, 11) is 0. The first-order chi connectivity index (χ1) is 8.08. The van der Waals surface area contributed by atoms with Crippen LogP contribution in [0.2, 0.25) is 0 Å². The van der Waals surface area contributed by atoms with Gasteiger partial charge in [-0.3, -0.25) is 14.5 Å². The van der Waals surface area contributed by atoms with Crippen molar-refractivity contribution in [1.29, 1.82) is 0 Å². The van der Waals surface area contributed by atoms with Crippen molar-refractivity contribution >= 4 is 17.9 Å². The topological polar surface area (TPSA) is 98.7 Å². The molecule has 18 heavy (non-hydrogen) atoms. The van der Waals surface area contributed by atoms with Crippen LogP contribution in [-0.2, 0) is 9.59 Å². The van der Waals surface area contributed by atoms with Crippen LogP contribution in [0.5, 0.6) is 0 Å². The minimum Gasteiger partial charge on any atom is -0.480 e. The molecule has 0 aliphatic carbocycles. The number of urea groups is 1. The third-order valence-corrected chi connectivity index (χ3v) is 2.88. The van der Waals surface area contributed by atoms with Gasteiger partial charge in [-0.1, -0.05) is 0 Å². The van der Waals surface area contributed by atoms with Crippen molar-refractivity contribution in [3.8, 4) is 0 Å². The smallest absolute Gasteiger partial charge is 0.325 e. The summed E-state index contributed by atoms with van der Waals surface area (Å²) in [6.45, 7) is 6.67. The Morgan fingerprint density at radius 1 is 1.44 bits per heavy atom. The van der Waals surface area contributed by atoms with Gasteiger partial charge in [-0.2, -0.15) is 0 Å². The number of aliphatic carboxylic acids is 1. The van der Waals surface area contributed by atoms with Gasteiger partial charge in [0.05, 0.1) is 0 Å². The number of carbonyl (C=O) groups is 3. The molecule has 0 unspecified atom stereocenters. The molecule has 1 heterocycles. The van der Waals surface area contributed by atoms with Gasteiger partial charge in [-0.25, -0.2) is 4.79 Å². The Labute approximate surface area is 106 Å². The minimum absolute atomic E-state index is 0.144. The van der Waals surface area contributed by atoms with Gasteiger partial charge in [0, 0.05) is 13.1 Å². The fourth-order valence-electron chi connectivity index (χ4n) is 1.58. The zero-order valence-corrected chi connectivity index (χ0v) is 11.0. The lowest BCUT2D eigenvalue weighted by Crippen LogP contribution is -2.50. The van der Waals surface area contributed by atoms with Crippen molar-refractivity contribution in [2.24, 2.45) is 0 Å². The van der Waals surface area contributed by atoms with Crippen LogP contribution < -0.4 is 10.6 Å². The van der Waals surface area contributed by atoms with Crippen molar-refractivity contribution < 1.29 is 19.5 Å². The molecule has 0 aromatic carbocycles. The van der Waals surface area contributed by atoms with Crippen LogP contribution in [0.15, 0.2) is 0 Å². The molecule has 0 saturated carbocycles. The number of hydrogen-bond donors (Lipinski definition) is 3. The molecule has 1 aliphatic rings. The van der Waals surface area contributed by atoms with E-state index < -0.39 is 23.1 Å². The number of rotatable bonds is 5. The van der Waals surface area contributed by atoms with Crippen molar-refractivity contribution in [2.75, 3.05) is 13.1 Å². The second-order valence-corrected chi connectivity index (χ2v) is 5.37. The molecule has 1 rings (SSSR count). The van der Waals surface area contributed by atoms with E-state index in [2.05, 4.69) is 10.6 Å². The highest BCUT2D eigenvalue weighted by Crippen LogP contribution is 2.15. The van der Waals surface area contributed by atoms with E-state index >= 15 is 0 Å². The number of carbonyl (C=O) groups excluding carboxylic acids is 2. The molecule has 7 heteroatoms. The summed E-state index contributed by atoms with van der Waals surface area (Å²) in [5.74, 6) is -1.29. The number of carboxylic acids is 1. The fraction of sp³-hybridized carbons (Fsp3) is 0.727. The first-order valence-corrected chi connectivity index (χ1v) is 5.70. The predicted molar refractivity (Wildman–Crippen MR) is 64.0 cm³/mol. The fourth-order valence-corrected chi connectivity index (χ4v) is 1.58. The Balaban J connectivity index is 2.53. The average Bonchev–Trinajstić information content (AvgIpc) is 2.39. The van der Waals surface area contributed by atoms with E-state index in [9.17, 15) is 14.4 Å². The number of nitrogens with one attached hydrogen (secondary N) is 2. The maximum Gasteiger partial charge on any atom is 0.325 e. The zero-order chi connectivity index (χ0) is 14.1. The van der Waals surface area contributed by atoms with E-state index in [1.807, 2.05) is 0 Å². The third-order valence-electron chi connectivity index (χ3n) is 2.88. The van der Waals surface area contributed by atoms with Crippen molar-refractivity contribution in [3.63, 3.8) is 0 Å². The molecule has 102 valence electrons. The third kappa shape index (κ3) is 2.79. The van der Waals surface area contributed by atoms with Gasteiger partial charge in [-0.15, -0.1) is 0 Å². The van der Waals surface area contributed by atoms with E-state index in [1.54, 1.807) is 13.8 Å². The van der Waals surface area contributed by atoms with Gasteiger partial charge in [0.2, 0.25) is 0 Å². The minimum atomic E-state index is -1.09. The van der Waals surface area contributed by atoms with Crippen molar-refractivity contribution in [2.45, 2.75) is 38.8 Å². The van der Waals surface area contributed by atoms with E-state index in [0.29, 0.717) is 0 Å². The van der Waals surface area contributed by atoms with E-state index in [0.717, 1.165) is 4.90 Å². The van der Waals surface area contributed by atoms with Crippen molar-refractivity contribution in [1.82, 2.24) is 15.5 Å². The first kappa shape index (κ1) is 14.4. The van der Waals surface area contributed by atoms with E-state index in [-0.39, 0.29) is 19.0 Å². The van der Waals surface area contributed by atoms with Crippen LogP contribution in [0.25, 0.3) is 0 Å². The Morgan fingerprint density at radius 2 is 2.00 bits per heavy atom. The summed E-state index contributed by atoms with van der Waals surface area (Å²) in [4.78, 5) is 35.3. The van der Waals surface area contributed by atoms with Gasteiger partial charge in [0.15, 0.2) is 0 Å². The summed E-state index contributed by atoms with van der Waals surface area (Å²) in [6.07, 6.45) is 0. The molecule has 1 saturated heterocycles. The number of carboxylic acid groups (broad SMARTS) is 1. The quantitative estimate of drug-likeness (QED) is 0.591. The van der Waals surface area contributed by atoms with Gasteiger partial charge < -0.3 is 15.7 Å². The van der Waals surface area contributed by atoms with Crippen LogP contribution in [0, 0.1) is 0 Å². The van der Waals surface area contributed by atoms with E-state index in [1.165, 1.54) is 13.8 Å². The summed E-state index contributed by atoms with van der Waals surface area (Å²) >= 11 is 0. The highest BCUT2D eigenvalue weighted by Gasteiger charge is 2.44. The second-order valence-electron chi connectivity index (χ2n) is 5.37. The molecule has 3 N–H and O–H groups in total. The molecule has 0 spiro atoms. The predicted octanol–water partition coefficient (Wildman–Crippen LogP) is -0.230. The lowest BCUT2D eigenvalue weighted by molar-refractivity contribution is -0.143. The molecule has 0 atom stereocenters. The Hall–Kier alpha value is -1.63. The number of imide groups is 1. The van der Waals surface area contributed by atoms with Crippen molar-refractivity contribution in [3.05, 3.63) is 0 Å². The largest absolute Gasteiger partial charge is 0.480 e. The lowest BCUT2D eigenvalue weighted by Gasteiger charge is -2.22. The van der Waals surface area contributed by atoms with E-state index in [4.69, 9.17) is 5.11 Å². The van der Waals surface area contributed by atoms with Gasteiger partial charge in [0.1, 0.15) is 11.1 Å². The number of nitrogens with zero attached hydrogens (tertiary/aromatic N) is 1. The summed E-state index contributed by atoms with van der Waals surface area (Å²) in [5, 5.41) is 14.2. The van der Waals surface area contributed by atoms with Crippen LogP contribution in [0.1, 0.15) is 27.7 Å². The molecule has 0 radical (unpaired) electrons. The summed E-state index contributed by atoms with van der Waals surface area (Å²) in [5.41, 5.74) is -1.98. The highest BCUT2D eigenvalue weighted by molar-refractivity contribution is 6.06. The lowest BCUT2D eigenvalue weighted by atomic mass is 10.1. The molecule has 3 amide bonds. The van der Waals surface area contributed by atoms with Crippen LogP contribution in [0.4, 0.5) is 4.79 Å². The molecule has 1 fully saturated rings. The molecule has 1 aliphatic heterocycles. The number of amides is 3. The molecule has 7 nitrogen and oxygen atoms in total. The summed E-state index contributed by atoms with van der Waals surface area (Å²) in [6, 6.07) is -0.445. The monoisotopic (exact) mass is 257 g/mol. The highest BCUT2D eigenvalue weighted by atomic mass is 16.4. The molecular weight excluding hydrogens is 238 g/mol. The van der Waals surface area contributed by atoms with Gasteiger partial charge in [0.25, 0.3) is 5.91 Å². The van der Waals surface area contributed by atoms with Gasteiger partial charge in [-0.05, 0) is 27.7 Å². The standard InChI is InChI=1S/C11H19N3O4/c1-10(2)7(15)14(9(18)13-10)6-5-12-11(3,4)8(16)17/h12H,5-6H2,1-4H3,(H,13,18)(H,16,17). The van der Waals surface area contributed by atoms with Crippen LogP contribution >= 0.6 is 0 Å². The molecule has 0 aromatic rings. The Bertz CT molecular complexity index is 390. The average molecular weight is 257 g/mol. The Morgan fingerprint density at radius 3 is 2.39 bits per heavy atom. The SMILES string of the molecule is CC(C)(NCCN1C(=O)NC(C)(C)C1=O)C(=O)O. The van der Waals surface area contributed by atoms with Crippen LogP contribution in [-0.4, -0.2) is 52.1 Å². The zero-order valence-electron chi connectivity index (χ0n) is 11.0. The summed E-state index contributed by atoms with van der Waals surface area (Å²) < 4.78 is 0. The number of hydrogen-bond acceptors (Lipinski definition) is 4. The van der Waals surface area contributed by atoms with Crippen LogP contribution in [0.3, 0.4) is 0 Å². The molecule has 0 bridgehead atoms. The normalized spacial score (nSPS) is 19.0. The molecule has 0 aromatic heterocycles. The Kier molecular flexibility index (Phi) is 3.66.